The van der Waals surface area contributed by atoms with Crippen LogP contribution >= 0.6 is 0 Å². The first-order valence-corrected chi connectivity index (χ1v) is 5.87. The number of nitrogens with one attached hydrogen (secondary N) is 1. The molecule has 0 atom stereocenters. The van der Waals surface area contributed by atoms with Gasteiger partial charge in [-0.2, -0.15) is 0 Å². The third kappa shape index (κ3) is 12.3. The molecule has 0 spiro atoms. The first kappa shape index (κ1) is 20.7. The lowest BCUT2D eigenvalue weighted by atomic mass is 10.2. The van der Waals surface area contributed by atoms with Crippen molar-refractivity contribution in [2.24, 2.45) is 0 Å². The summed E-state index contributed by atoms with van der Waals surface area (Å²) in [6.45, 7) is 14.6. The van der Waals surface area contributed by atoms with Gasteiger partial charge in [-0.3, -0.25) is 9.59 Å². The Hall–Kier alpha value is -1.64. The van der Waals surface area contributed by atoms with E-state index in [2.05, 4.69) is 11.9 Å². The molecule has 0 aromatic carbocycles. The molecule has 98 valence electrons. The van der Waals surface area contributed by atoms with E-state index in [1.807, 2.05) is 27.7 Å². The number of hydrogen-bond donors (Lipinski definition) is 1. The van der Waals surface area contributed by atoms with Gasteiger partial charge < -0.3 is 5.32 Å². The minimum Gasteiger partial charge on any atom is -0.326 e. The smallest absolute Gasteiger partial charge is 0.221 e. The van der Waals surface area contributed by atoms with Crippen molar-refractivity contribution in [3.63, 3.8) is 0 Å². The molecule has 0 saturated carbocycles. The molecule has 0 aromatic heterocycles. The maximum atomic E-state index is 10.7. The number of aldehydes is 1. The molecule has 0 fully saturated rings. The quantitative estimate of drug-likeness (QED) is 0.464. The van der Waals surface area contributed by atoms with E-state index in [-0.39, 0.29) is 5.91 Å². The second kappa shape index (κ2) is 16.8. The fourth-order valence-corrected chi connectivity index (χ4v) is 0.820. The third-order valence-electron chi connectivity index (χ3n) is 1.33. The largest absolute Gasteiger partial charge is 0.326 e. The number of rotatable bonds is 4. The molecule has 0 heterocycles. The zero-order chi connectivity index (χ0) is 14.3. The molecule has 0 aliphatic rings. The van der Waals surface area contributed by atoms with Gasteiger partial charge in [0.15, 0.2) is 6.29 Å². The predicted octanol–water partition coefficient (Wildman–Crippen LogP) is 3.39. The molecule has 1 N–H and O–H groups in total. The Balaban J connectivity index is -0.000000439. The number of amides is 1. The normalized spacial score (nSPS) is 10.0. The monoisotopic (exact) mass is 239 g/mol. The van der Waals surface area contributed by atoms with Crippen molar-refractivity contribution in [3.05, 3.63) is 36.1 Å². The fourth-order valence-electron chi connectivity index (χ4n) is 0.820. The lowest BCUT2D eigenvalue weighted by molar-refractivity contribution is -0.118. The van der Waals surface area contributed by atoms with Crippen molar-refractivity contribution in [2.75, 3.05) is 0 Å². The van der Waals surface area contributed by atoms with E-state index in [1.165, 1.54) is 19.1 Å². The van der Waals surface area contributed by atoms with Gasteiger partial charge in [-0.25, -0.2) is 0 Å². The summed E-state index contributed by atoms with van der Waals surface area (Å²) in [7, 11) is 0. The van der Waals surface area contributed by atoms with Crippen LogP contribution in [0.4, 0.5) is 0 Å². The van der Waals surface area contributed by atoms with Gasteiger partial charge in [-0.05, 0) is 6.92 Å². The summed E-state index contributed by atoms with van der Waals surface area (Å²) in [5.41, 5.74) is 0.912. The molecule has 17 heavy (non-hydrogen) atoms. The van der Waals surface area contributed by atoms with E-state index in [9.17, 15) is 9.59 Å². The molecular formula is C14H25NO2. The lowest BCUT2D eigenvalue weighted by Crippen LogP contribution is -2.20. The Kier molecular flexibility index (Phi) is 20.5. The van der Waals surface area contributed by atoms with Crippen LogP contribution in [0.15, 0.2) is 36.1 Å². The predicted molar refractivity (Wildman–Crippen MR) is 74.6 cm³/mol. The van der Waals surface area contributed by atoms with Gasteiger partial charge in [0.2, 0.25) is 5.91 Å². The molecule has 0 rings (SSSR count). The maximum absolute atomic E-state index is 10.7. The van der Waals surface area contributed by atoms with Crippen molar-refractivity contribution in [2.45, 2.75) is 41.5 Å². The Morgan fingerprint density at radius 2 is 1.65 bits per heavy atom. The number of hydrogen-bond acceptors (Lipinski definition) is 2. The van der Waals surface area contributed by atoms with Crippen LogP contribution in [0.1, 0.15) is 41.5 Å². The van der Waals surface area contributed by atoms with E-state index < -0.39 is 0 Å². The van der Waals surface area contributed by atoms with Crippen LogP contribution in [0.5, 0.6) is 0 Å². The fraction of sp³-hybridized carbons (Fsp3) is 0.429. The molecule has 0 saturated heterocycles. The Labute approximate surface area is 105 Å². The highest BCUT2D eigenvalue weighted by Crippen LogP contribution is 2.03. The van der Waals surface area contributed by atoms with E-state index in [1.54, 1.807) is 13.0 Å². The Bertz CT molecular complexity index is 276. The third-order valence-corrected chi connectivity index (χ3v) is 1.33. The number of carbonyl (C=O) groups excluding carboxylic acids is 2. The first-order chi connectivity index (χ1) is 8.15. The van der Waals surface area contributed by atoms with Crippen LogP contribution in [-0.2, 0) is 9.59 Å². The van der Waals surface area contributed by atoms with Crippen LogP contribution in [0.3, 0.4) is 0 Å². The molecule has 0 bridgehead atoms. The highest BCUT2D eigenvalue weighted by molar-refractivity contribution is 5.85. The summed E-state index contributed by atoms with van der Waals surface area (Å²) in [5, 5.41) is 2.54. The molecule has 3 nitrogen and oxygen atoms in total. The van der Waals surface area contributed by atoms with Gasteiger partial charge in [0.1, 0.15) is 0 Å². The minimum absolute atomic E-state index is 0.204. The van der Waals surface area contributed by atoms with Crippen LogP contribution < -0.4 is 5.32 Å². The van der Waals surface area contributed by atoms with E-state index in [0.717, 1.165) is 0 Å². The lowest BCUT2D eigenvalue weighted by Gasteiger charge is -2.05. The van der Waals surface area contributed by atoms with Gasteiger partial charge >= 0.3 is 0 Å². The average molecular weight is 239 g/mol. The van der Waals surface area contributed by atoms with Crippen molar-refractivity contribution < 1.29 is 9.59 Å². The van der Waals surface area contributed by atoms with Gasteiger partial charge in [-0.15, -0.1) is 0 Å². The molecule has 1 amide bonds. The summed E-state index contributed by atoms with van der Waals surface area (Å²) < 4.78 is 0. The van der Waals surface area contributed by atoms with E-state index in [4.69, 9.17) is 0 Å². The Morgan fingerprint density at radius 1 is 1.18 bits per heavy atom. The van der Waals surface area contributed by atoms with E-state index in [0.29, 0.717) is 17.6 Å². The van der Waals surface area contributed by atoms with Gasteiger partial charge in [0.05, 0.1) is 0 Å². The molecule has 3 heteroatoms. The van der Waals surface area contributed by atoms with Crippen molar-refractivity contribution in [1.29, 1.82) is 0 Å². The summed E-state index contributed by atoms with van der Waals surface area (Å²) >= 11 is 0. The molecule has 0 radical (unpaired) electrons. The second-order valence-corrected chi connectivity index (χ2v) is 2.36. The average Bonchev–Trinajstić information content (AvgIpc) is 2.38. The molecule has 0 aromatic rings. The Morgan fingerprint density at radius 3 is 1.88 bits per heavy atom. The van der Waals surface area contributed by atoms with E-state index >= 15 is 0 Å². The van der Waals surface area contributed by atoms with Gasteiger partial charge in [0, 0.05) is 18.2 Å². The first-order valence-electron chi connectivity index (χ1n) is 5.87. The van der Waals surface area contributed by atoms with Crippen LogP contribution in [0.25, 0.3) is 0 Å². The highest BCUT2D eigenvalue weighted by atomic mass is 16.1. The molecular weight excluding hydrogens is 214 g/mol. The van der Waals surface area contributed by atoms with Crippen molar-refractivity contribution in [3.8, 4) is 0 Å². The number of carbonyl (C=O) groups is 2. The van der Waals surface area contributed by atoms with Crippen LogP contribution in [0.2, 0.25) is 0 Å². The minimum atomic E-state index is -0.204. The van der Waals surface area contributed by atoms with Gasteiger partial charge in [-0.1, -0.05) is 52.5 Å². The molecule has 0 unspecified atom stereocenters. The number of allylic oxidation sites excluding steroid dienone is 4. The summed E-state index contributed by atoms with van der Waals surface area (Å²) in [6, 6.07) is 0. The summed E-state index contributed by atoms with van der Waals surface area (Å²) in [4.78, 5) is 21.3. The standard InChI is InChI=1S/C10H13NO2.2C2H6/c1-4-6-9(7-12)10(5-2)11-8(3)13;2*1-2/h4-7H,1H2,2-3H3,(H,11,13);2*1-2H3/b9-6-,10-5+;;. The molecule has 0 aliphatic heterocycles. The van der Waals surface area contributed by atoms with Crippen LogP contribution in [0, 0.1) is 0 Å². The second-order valence-electron chi connectivity index (χ2n) is 2.36. The van der Waals surface area contributed by atoms with Crippen molar-refractivity contribution >= 4 is 12.2 Å². The van der Waals surface area contributed by atoms with Crippen molar-refractivity contribution in [1.82, 2.24) is 5.32 Å². The van der Waals surface area contributed by atoms with Gasteiger partial charge in [0.25, 0.3) is 0 Å². The molecule has 0 aliphatic carbocycles. The zero-order valence-corrected chi connectivity index (χ0v) is 11.8. The zero-order valence-electron chi connectivity index (χ0n) is 11.8. The SMILES string of the molecule is C=C/C=C(C=O)\C(=C/C)NC(C)=O.CC.CC. The highest BCUT2D eigenvalue weighted by Gasteiger charge is 2.02. The summed E-state index contributed by atoms with van der Waals surface area (Å²) in [5.74, 6) is -0.204. The topological polar surface area (TPSA) is 46.2 Å². The summed E-state index contributed by atoms with van der Waals surface area (Å²) in [6.07, 6.45) is 5.37. The van der Waals surface area contributed by atoms with Crippen LogP contribution in [-0.4, -0.2) is 12.2 Å². The maximum Gasteiger partial charge on any atom is 0.221 e.